The van der Waals surface area contributed by atoms with Crippen LogP contribution in [0.2, 0.25) is 0 Å². The maximum Gasteiger partial charge on any atom is 0.243 e. The second-order valence-corrected chi connectivity index (χ2v) is 6.03. The molecule has 4 heteroatoms. The van der Waals surface area contributed by atoms with Crippen molar-refractivity contribution in [2.45, 2.75) is 38.3 Å². The number of rotatable bonds is 5. The summed E-state index contributed by atoms with van der Waals surface area (Å²) in [5.41, 5.74) is 6.37. The third-order valence-corrected chi connectivity index (χ3v) is 3.72. The lowest BCUT2D eigenvalue weighted by molar-refractivity contribution is -0.127. The standard InChI is InChI=1S/C16H24N2O2/c1-12(2)10-14(13-6-4-3-5-7-13)18-15(19)16(17)8-9-20-11-16/h3-7,12,14H,8-11,17H2,1-2H3,(H,18,19). The fourth-order valence-electron chi connectivity index (χ4n) is 2.50. The number of amides is 1. The van der Waals surface area contributed by atoms with Crippen molar-refractivity contribution in [3.63, 3.8) is 0 Å². The zero-order valence-corrected chi connectivity index (χ0v) is 12.3. The Bertz CT molecular complexity index is 439. The van der Waals surface area contributed by atoms with Gasteiger partial charge in [0.15, 0.2) is 0 Å². The fraction of sp³-hybridized carbons (Fsp3) is 0.562. The number of carbonyl (C=O) groups excluding carboxylic acids is 1. The predicted molar refractivity (Wildman–Crippen MR) is 79.1 cm³/mol. The molecular weight excluding hydrogens is 252 g/mol. The van der Waals surface area contributed by atoms with Gasteiger partial charge in [0, 0.05) is 6.61 Å². The highest BCUT2D eigenvalue weighted by molar-refractivity contribution is 5.86. The third kappa shape index (κ3) is 3.58. The van der Waals surface area contributed by atoms with E-state index in [1.165, 1.54) is 0 Å². The average molecular weight is 276 g/mol. The van der Waals surface area contributed by atoms with Gasteiger partial charge in [-0.3, -0.25) is 4.79 Å². The van der Waals surface area contributed by atoms with Crippen LogP contribution in [0.15, 0.2) is 30.3 Å². The van der Waals surface area contributed by atoms with Crippen molar-refractivity contribution < 1.29 is 9.53 Å². The van der Waals surface area contributed by atoms with E-state index < -0.39 is 5.54 Å². The lowest BCUT2D eigenvalue weighted by Crippen LogP contribution is -2.55. The zero-order valence-electron chi connectivity index (χ0n) is 12.3. The van der Waals surface area contributed by atoms with Crippen LogP contribution in [0.1, 0.15) is 38.3 Å². The van der Waals surface area contributed by atoms with Crippen molar-refractivity contribution in [1.29, 1.82) is 0 Å². The minimum atomic E-state index is -0.871. The maximum absolute atomic E-state index is 12.4. The first-order valence-electron chi connectivity index (χ1n) is 7.24. The molecule has 0 aliphatic carbocycles. The van der Waals surface area contributed by atoms with Gasteiger partial charge >= 0.3 is 0 Å². The number of ether oxygens (including phenoxy) is 1. The van der Waals surface area contributed by atoms with Gasteiger partial charge in [-0.05, 0) is 24.3 Å². The predicted octanol–water partition coefficient (Wildman–Crippen LogP) is 2.01. The number of nitrogens with two attached hydrogens (primary N) is 1. The van der Waals surface area contributed by atoms with Crippen LogP contribution in [0.5, 0.6) is 0 Å². The van der Waals surface area contributed by atoms with Gasteiger partial charge in [-0.1, -0.05) is 44.2 Å². The molecule has 0 aromatic heterocycles. The highest BCUT2D eigenvalue weighted by Crippen LogP contribution is 2.23. The molecule has 1 aliphatic heterocycles. The lowest BCUT2D eigenvalue weighted by Gasteiger charge is -2.27. The second kappa shape index (κ2) is 6.37. The van der Waals surface area contributed by atoms with E-state index in [-0.39, 0.29) is 11.9 Å². The highest BCUT2D eigenvalue weighted by Gasteiger charge is 2.39. The Morgan fingerprint density at radius 1 is 1.40 bits per heavy atom. The van der Waals surface area contributed by atoms with E-state index in [2.05, 4.69) is 19.2 Å². The van der Waals surface area contributed by atoms with Crippen LogP contribution >= 0.6 is 0 Å². The first kappa shape index (κ1) is 15.0. The first-order chi connectivity index (χ1) is 9.51. The normalized spacial score (nSPS) is 23.8. The fourth-order valence-corrected chi connectivity index (χ4v) is 2.50. The minimum Gasteiger partial charge on any atom is -0.379 e. The van der Waals surface area contributed by atoms with Crippen LogP contribution < -0.4 is 11.1 Å². The summed E-state index contributed by atoms with van der Waals surface area (Å²) >= 11 is 0. The van der Waals surface area contributed by atoms with Crippen molar-refractivity contribution in [2.75, 3.05) is 13.2 Å². The van der Waals surface area contributed by atoms with Gasteiger partial charge in [0.25, 0.3) is 0 Å². The molecule has 1 heterocycles. The molecule has 1 fully saturated rings. The maximum atomic E-state index is 12.4. The molecule has 0 radical (unpaired) electrons. The summed E-state index contributed by atoms with van der Waals surface area (Å²) in [6.45, 7) is 5.17. The Hall–Kier alpha value is -1.39. The number of benzene rings is 1. The van der Waals surface area contributed by atoms with Crippen LogP contribution in [0.3, 0.4) is 0 Å². The van der Waals surface area contributed by atoms with Gasteiger partial charge in [0.2, 0.25) is 5.91 Å². The smallest absolute Gasteiger partial charge is 0.243 e. The van der Waals surface area contributed by atoms with Gasteiger partial charge in [-0.15, -0.1) is 0 Å². The summed E-state index contributed by atoms with van der Waals surface area (Å²) in [6.07, 6.45) is 1.48. The average Bonchev–Trinajstić information content (AvgIpc) is 2.87. The van der Waals surface area contributed by atoms with Crippen LogP contribution in [0.4, 0.5) is 0 Å². The van der Waals surface area contributed by atoms with E-state index in [1.807, 2.05) is 30.3 Å². The SMILES string of the molecule is CC(C)CC(NC(=O)C1(N)CCOC1)c1ccccc1. The molecule has 110 valence electrons. The number of hydrogen-bond acceptors (Lipinski definition) is 3. The summed E-state index contributed by atoms with van der Waals surface area (Å²) < 4.78 is 5.26. The van der Waals surface area contributed by atoms with Crippen molar-refractivity contribution in [3.05, 3.63) is 35.9 Å². The molecule has 20 heavy (non-hydrogen) atoms. The lowest BCUT2D eigenvalue weighted by atomic mass is 9.94. The molecule has 2 rings (SSSR count). The quantitative estimate of drug-likeness (QED) is 0.864. The van der Waals surface area contributed by atoms with E-state index >= 15 is 0 Å². The summed E-state index contributed by atoms with van der Waals surface area (Å²) in [4.78, 5) is 12.4. The van der Waals surface area contributed by atoms with Crippen molar-refractivity contribution in [2.24, 2.45) is 11.7 Å². The van der Waals surface area contributed by atoms with Gasteiger partial charge in [0.05, 0.1) is 12.6 Å². The van der Waals surface area contributed by atoms with Crippen LogP contribution in [0.25, 0.3) is 0 Å². The van der Waals surface area contributed by atoms with Crippen LogP contribution in [-0.2, 0) is 9.53 Å². The largest absolute Gasteiger partial charge is 0.379 e. The summed E-state index contributed by atoms with van der Waals surface area (Å²) in [5, 5.41) is 3.10. The summed E-state index contributed by atoms with van der Waals surface area (Å²) in [6, 6.07) is 10.1. The highest BCUT2D eigenvalue weighted by atomic mass is 16.5. The van der Waals surface area contributed by atoms with E-state index in [4.69, 9.17) is 10.5 Å². The van der Waals surface area contributed by atoms with E-state index in [0.717, 1.165) is 12.0 Å². The molecule has 1 aromatic carbocycles. The zero-order chi connectivity index (χ0) is 14.6. The first-order valence-corrected chi connectivity index (χ1v) is 7.24. The molecule has 1 aliphatic rings. The monoisotopic (exact) mass is 276 g/mol. The van der Waals surface area contributed by atoms with Crippen molar-refractivity contribution in [1.82, 2.24) is 5.32 Å². The number of hydrogen-bond donors (Lipinski definition) is 2. The summed E-state index contributed by atoms with van der Waals surface area (Å²) in [5.74, 6) is 0.388. The number of carbonyl (C=O) groups is 1. The van der Waals surface area contributed by atoms with Crippen LogP contribution in [0, 0.1) is 5.92 Å². The molecular formula is C16H24N2O2. The molecule has 1 aromatic rings. The Morgan fingerprint density at radius 3 is 2.65 bits per heavy atom. The summed E-state index contributed by atoms with van der Waals surface area (Å²) in [7, 11) is 0. The minimum absolute atomic E-state index is 0.00437. The molecule has 2 atom stereocenters. The molecule has 0 saturated carbocycles. The molecule has 0 spiro atoms. The molecule has 1 amide bonds. The van der Waals surface area contributed by atoms with Gasteiger partial charge in [-0.2, -0.15) is 0 Å². The van der Waals surface area contributed by atoms with Crippen molar-refractivity contribution in [3.8, 4) is 0 Å². The van der Waals surface area contributed by atoms with E-state index in [1.54, 1.807) is 0 Å². The second-order valence-electron chi connectivity index (χ2n) is 6.03. The van der Waals surface area contributed by atoms with Crippen LogP contribution in [-0.4, -0.2) is 24.7 Å². The topological polar surface area (TPSA) is 64.4 Å². The van der Waals surface area contributed by atoms with Gasteiger partial charge in [-0.25, -0.2) is 0 Å². The Kier molecular flexibility index (Phi) is 4.78. The van der Waals surface area contributed by atoms with E-state index in [9.17, 15) is 4.79 Å². The Morgan fingerprint density at radius 2 is 2.10 bits per heavy atom. The molecule has 2 unspecified atom stereocenters. The van der Waals surface area contributed by atoms with Crippen molar-refractivity contribution >= 4 is 5.91 Å². The molecule has 3 N–H and O–H groups in total. The van der Waals surface area contributed by atoms with E-state index in [0.29, 0.717) is 25.6 Å². The molecule has 4 nitrogen and oxygen atoms in total. The van der Waals surface area contributed by atoms with Gasteiger partial charge in [0.1, 0.15) is 5.54 Å². The Labute approximate surface area is 120 Å². The van der Waals surface area contributed by atoms with Gasteiger partial charge < -0.3 is 15.8 Å². The molecule has 1 saturated heterocycles. The number of nitrogens with one attached hydrogen (secondary N) is 1. The molecule has 0 bridgehead atoms. The Balaban J connectivity index is 2.10. The third-order valence-electron chi connectivity index (χ3n) is 3.72.